The molecule has 1 unspecified atom stereocenters. The number of benzene rings is 1. The van der Waals surface area contributed by atoms with Crippen LogP contribution in [-0.4, -0.2) is 23.9 Å². The van der Waals surface area contributed by atoms with E-state index in [0.717, 1.165) is 17.3 Å². The molecule has 1 aromatic carbocycles. The number of hydrogen-bond acceptors (Lipinski definition) is 1. The largest absolute Gasteiger partial charge is 0.343 e. The Morgan fingerprint density at radius 1 is 1.15 bits per heavy atom. The van der Waals surface area contributed by atoms with Crippen LogP contribution in [0.4, 0.5) is 0 Å². The first kappa shape index (κ1) is 14.1. The summed E-state index contributed by atoms with van der Waals surface area (Å²) in [4.78, 5) is 14.8. The number of amides is 1. The highest BCUT2D eigenvalue weighted by Crippen LogP contribution is 2.31. The van der Waals surface area contributed by atoms with Gasteiger partial charge in [-0.1, -0.05) is 41.3 Å². The topological polar surface area (TPSA) is 20.3 Å². The standard InChI is InChI=1S/C17H22BrNO/c1-19(16-5-3-2-4-6-16)17(20)14-9-12-7-8-15(18)11-13(12)10-14/h7-8,11,14,16H,2-6,9-10H2,1H3. The van der Waals surface area contributed by atoms with E-state index in [0.29, 0.717) is 11.9 Å². The van der Waals surface area contributed by atoms with Crippen LogP contribution >= 0.6 is 15.9 Å². The van der Waals surface area contributed by atoms with E-state index in [2.05, 4.69) is 34.1 Å². The van der Waals surface area contributed by atoms with Crippen LogP contribution < -0.4 is 0 Å². The third-order valence-electron chi connectivity index (χ3n) is 4.92. The van der Waals surface area contributed by atoms with Crippen LogP contribution in [0.3, 0.4) is 0 Å². The lowest BCUT2D eigenvalue weighted by Gasteiger charge is -2.33. The normalized spacial score (nSPS) is 22.6. The Labute approximate surface area is 129 Å². The van der Waals surface area contributed by atoms with E-state index in [4.69, 9.17) is 0 Å². The average Bonchev–Trinajstić information content (AvgIpc) is 2.89. The average molecular weight is 336 g/mol. The molecule has 0 aliphatic heterocycles. The van der Waals surface area contributed by atoms with Gasteiger partial charge in [-0.3, -0.25) is 4.79 Å². The van der Waals surface area contributed by atoms with Crippen molar-refractivity contribution < 1.29 is 4.79 Å². The second kappa shape index (κ2) is 5.88. The highest BCUT2D eigenvalue weighted by atomic mass is 79.9. The molecule has 0 radical (unpaired) electrons. The van der Waals surface area contributed by atoms with E-state index in [9.17, 15) is 4.79 Å². The lowest BCUT2D eigenvalue weighted by atomic mass is 9.93. The zero-order chi connectivity index (χ0) is 14.1. The maximum Gasteiger partial charge on any atom is 0.226 e. The zero-order valence-corrected chi connectivity index (χ0v) is 13.7. The Kier molecular flexibility index (Phi) is 4.16. The fourth-order valence-electron chi connectivity index (χ4n) is 3.70. The zero-order valence-electron chi connectivity index (χ0n) is 12.1. The second-order valence-electron chi connectivity index (χ2n) is 6.26. The number of halogens is 1. The van der Waals surface area contributed by atoms with Crippen LogP contribution in [0, 0.1) is 5.92 Å². The van der Waals surface area contributed by atoms with E-state index in [1.165, 1.54) is 43.2 Å². The minimum Gasteiger partial charge on any atom is -0.343 e. The lowest BCUT2D eigenvalue weighted by molar-refractivity contribution is -0.136. The maximum atomic E-state index is 12.7. The fraction of sp³-hybridized carbons (Fsp3) is 0.588. The number of hydrogen-bond donors (Lipinski definition) is 0. The van der Waals surface area contributed by atoms with Gasteiger partial charge in [0, 0.05) is 23.5 Å². The molecule has 108 valence electrons. The molecule has 2 aliphatic rings. The Hall–Kier alpha value is -0.830. The predicted molar refractivity (Wildman–Crippen MR) is 84.7 cm³/mol. The van der Waals surface area contributed by atoms with Crippen molar-refractivity contribution in [3.8, 4) is 0 Å². The molecular weight excluding hydrogens is 314 g/mol. The van der Waals surface area contributed by atoms with E-state index in [-0.39, 0.29) is 5.92 Å². The molecule has 1 fully saturated rings. The maximum absolute atomic E-state index is 12.7. The van der Waals surface area contributed by atoms with Gasteiger partial charge in [-0.25, -0.2) is 0 Å². The number of carbonyl (C=O) groups is 1. The van der Waals surface area contributed by atoms with Gasteiger partial charge < -0.3 is 4.90 Å². The summed E-state index contributed by atoms with van der Waals surface area (Å²) >= 11 is 3.52. The molecule has 0 aromatic heterocycles. The summed E-state index contributed by atoms with van der Waals surface area (Å²) in [5.41, 5.74) is 2.69. The monoisotopic (exact) mass is 335 g/mol. The minimum atomic E-state index is 0.159. The Balaban J connectivity index is 1.67. The Morgan fingerprint density at radius 3 is 2.60 bits per heavy atom. The van der Waals surface area contributed by atoms with Gasteiger partial charge in [0.2, 0.25) is 5.91 Å². The molecule has 0 heterocycles. The van der Waals surface area contributed by atoms with Crippen LogP contribution in [0.2, 0.25) is 0 Å². The van der Waals surface area contributed by atoms with Crippen LogP contribution in [0.15, 0.2) is 22.7 Å². The van der Waals surface area contributed by atoms with Crippen molar-refractivity contribution in [3.63, 3.8) is 0 Å². The molecule has 1 atom stereocenters. The summed E-state index contributed by atoms with van der Waals surface area (Å²) < 4.78 is 1.12. The summed E-state index contributed by atoms with van der Waals surface area (Å²) in [7, 11) is 2.01. The van der Waals surface area contributed by atoms with Gasteiger partial charge in [-0.2, -0.15) is 0 Å². The van der Waals surface area contributed by atoms with E-state index >= 15 is 0 Å². The van der Waals surface area contributed by atoms with Gasteiger partial charge in [-0.05, 0) is 48.9 Å². The van der Waals surface area contributed by atoms with Crippen molar-refractivity contribution in [1.29, 1.82) is 0 Å². The predicted octanol–water partition coefficient (Wildman–Crippen LogP) is 3.96. The third kappa shape index (κ3) is 2.78. The molecule has 3 rings (SSSR count). The summed E-state index contributed by atoms with van der Waals surface area (Å²) in [5.74, 6) is 0.510. The first-order valence-electron chi connectivity index (χ1n) is 7.69. The van der Waals surface area contributed by atoms with Crippen molar-refractivity contribution in [2.75, 3.05) is 7.05 Å². The smallest absolute Gasteiger partial charge is 0.226 e. The van der Waals surface area contributed by atoms with Crippen molar-refractivity contribution in [3.05, 3.63) is 33.8 Å². The molecule has 0 spiro atoms. The summed E-state index contributed by atoms with van der Waals surface area (Å²) in [6.45, 7) is 0. The van der Waals surface area contributed by atoms with Crippen LogP contribution in [0.5, 0.6) is 0 Å². The summed E-state index contributed by atoms with van der Waals surface area (Å²) in [6.07, 6.45) is 8.09. The molecule has 2 aliphatic carbocycles. The molecule has 3 heteroatoms. The van der Waals surface area contributed by atoms with Crippen molar-refractivity contribution in [2.45, 2.75) is 51.0 Å². The Morgan fingerprint density at radius 2 is 1.85 bits per heavy atom. The minimum absolute atomic E-state index is 0.159. The number of carbonyl (C=O) groups excluding carboxylic acids is 1. The lowest BCUT2D eigenvalue weighted by Crippen LogP contribution is -2.41. The van der Waals surface area contributed by atoms with Gasteiger partial charge in [0.1, 0.15) is 0 Å². The molecule has 0 bridgehead atoms. The molecule has 2 nitrogen and oxygen atoms in total. The highest BCUT2D eigenvalue weighted by Gasteiger charge is 2.32. The first-order chi connectivity index (χ1) is 9.65. The van der Waals surface area contributed by atoms with E-state index in [1.54, 1.807) is 0 Å². The van der Waals surface area contributed by atoms with Crippen LogP contribution in [-0.2, 0) is 17.6 Å². The van der Waals surface area contributed by atoms with Crippen molar-refractivity contribution in [2.24, 2.45) is 5.92 Å². The molecular formula is C17H22BrNO. The van der Waals surface area contributed by atoms with E-state index < -0.39 is 0 Å². The van der Waals surface area contributed by atoms with Gasteiger partial charge >= 0.3 is 0 Å². The molecule has 1 saturated carbocycles. The summed E-state index contributed by atoms with van der Waals surface area (Å²) in [6, 6.07) is 6.89. The number of nitrogens with zero attached hydrogens (tertiary/aromatic N) is 1. The highest BCUT2D eigenvalue weighted by molar-refractivity contribution is 9.10. The SMILES string of the molecule is CN(C(=O)C1Cc2ccc(Br)cc2C1)C1CCCCC1. The van der Waals surface area contributed by atoms with Gasteiger partial charge in [0.05, 0.1) is 0 Å². The quantitative estimate of drug-likeness (QED) is 0.801. The van der Waals surface area contributed by atoms with Gasteiger partial charge in [-0.15, -0.1) is 0 Å². The fourth-order valence-corrected chi connectivity index (χ4v) is 4.11. The van der Waals surface area contributed by atoms with Gasteiger partial charge in [0.25, 0.3) is 0 Å². The number of fused-ring (bicyclic) bond motifs is 1. The molecule has 1 aromatic rings. The molecule has 20 heavy (non-hydrogen) atoms. The third-order valence-corrected chi connectivity index (χ3v) is 5.41. The molecule has 1 amide bonds. The number of rotatable bonds is 2. The Bertz CT molecular complexity index is 508. The first-order valence-corrected chi connectivity index (χ1v) is 8.48. The van der Waals surface area contributed by atoms with Crippen LogP contribution in [0.25, 0.3) is 0 Å². The molecule has 0 N–H and O–H groups in total. The summed E-state index contributed by atoms with van der Waals surface area (Å²) in [5, 5.41) is 0. The van der Waals surface area contributed by atoms with Crippen LogP contribution in [0.1, 0.15) is 43.2 Å². The molecule has 0 saturated heterocycles. The van der Waals surface area contributed by atoms with Gasteiger partial charge in [0.15, 0.2) is 0 Å². The van der Waals surface area contributed by atoms with Crippen molar-refractivity contribution >= 4 is 21.8 Å². The van der Waals surface area contributed by atoms with Crippen molar-refractivity contribution in [1.82, 2.24) is 4.90 Å². The van der Waals surface area contributed by atoms with E-state index in [1.807, 2.05) is 11.9 Å². The second-order valence-corrected chi connectivity index (χ2v) is 7.17.